The summed E-state index contributed by atoms with van der Waals surface area (Å²) in [6.07, 6.45) is 4.93. The zero-order valence-corrected chi connectivity index (χ0v) is 8.38. The minimum absolute atomic E-state index is 0.171. The molecule has 0 bridgehead atoms. The fraction of sp³-hybridized carbons (Fsp3) is 0.900. The van der Waals surface area contributed by atoms with Crippen LogP contribution in [-0.4, -0.2) is 18.5 Å². The highest BCUT2D eigenvalue weighted by atomic mass is 16.1. The van der Waals surface area contributed by atoms with Gasteiger partial charge in [-0.25, -0.2) is 0 Å². The maximum absolute atomic E-state index is 11.3. The number of hydrogen-bond acceptors (Lipinski definition) is 2. The number of rotatable bonds is 4. The van der Waals surface area contributed by atoms with E-state index in [-0.39, 0.29) is 5.91 Å². The lowest BCUT2D eigenvalue weighted by molar-refractivity contribution is -0.121. The van der Waals surface area contributed by atoms with Crippen LogP contribution >= 0.6 is 0 Å². The van der Waals surface area contributed by atoms with Gasteiger partial charge < -0.3 is 11.1 Å². The molecular weight excluding hydrogens is 164 g/mol. The minimum atomic E-state index is 0.171. The zero-order chi connectivity index (χ0) is 9.68. The second-order valence-corrected chi connectivity index (χ2v) is 4.07. The molecule has 0 radical (unpaired) electrons. The molecule has 1 fully saturated rings. The summed E-state index contributed by atoms with van der Waals surface area (Å²) in [6.45, 7) is 2.85. The maximum atomic E-state index is 11.3. The molecule has 2 atom stereocenters. The van der Waals surface area contributed by atoms with Gasteiger partial charge in [-0.05, 0) is 38.1 Å². The lowest BCUT2D eigenvalue weighted by Crippen LogP contribution is -2.32. The van der Waals surface area contributed by atoms with Crippen LogP contribution in [0.5, 0.6) is 0 Å². The van der Waals surface area contributed by atoms with E-state index < -0.39 is 0 Å². The largest absolute Gasteiger partial charge is 0.353 e. The summed E-state index contributed by atoms with van der Waals surface area (Å²) in [5.74, 6) is 0.948. The summed E-state index contributed by atoms with van der Waals surface area (Å²) in [4.78, 5) is 11.3. The van der Waals surface area contributed by atoms with E-state index in [0.717, 1.165) is 25.2 Å². The Labute approximate surface area is 80.1 Å². The van der Waals surface area contributed by atoms with Crippen molar-refractivity contribution in [3.8, 4) is 0 Å². The molecular formula is C10H20N2O. The van der Waals surface area contributed by atoms with Crippen molar-refractivity contribution in [3.05, 3.63) is 0 Å². The molecule has 1 saturated carbocycles. The molecule has 2 unspecified atom stereocenters. The van der Waals surface area contributed by atoms with Gasteiger partial charge in [-0.15, -0.1) is 0 Å². The van der Waals surface area contributed by atoms with E-state index in [1.807, 2.05) is 0 Å². The molecule has 3 heteroatoms. The van der Waals surface area contributed by atoms with E-state index in [0.29, 0.717) is 19.0 Å². The number of carbonyl (C=O) groups is 1. The molecule has 1 aliphatic rings. The highest BCUT2D eigenvalue weighted by Crippen LogP contribution is 2.24. The van der Waals surface area contributed by atoms with Gasteiger partial charge in [0.15, 0.2) is 0 Å². The molecule has 1 rings (SSSR count). The van der Waals surface area contributed by atoms with Gasteiger partial charge in [0.1, 0.15) is 0 Å². The van der Waals surface area contributed by atoms with Crippen LogP contribution in [0.15, 0.2) is 0 Å². The number of nitrogens with two attached hydrogens (primary N) is 1. The first-order chi connectivity index (χ1) is 6.22. The minimum Gasteiger partial charge on any atom is -0.353 e. The predicted molar refractivity (Wildman–Crippen MR) is 53.2 cm³/mol. The van der Waals surface area contributed by atoms with Crippen molar-refractivity contribution >= 4 is 5.91 Å². The van der Waals surface area contributed by atoms with Crippen LogP contribution in [0.4, 0.5) is 0 Å². The van der Waals surface area contributed by atoms with Crippen LogP contribution in [0.2, 0.25) is 0 Å². The smallest absolute Gasteiger partial charge is 0.220 e. The van der Waals surface area contributed by atoms with E-state index >= 15 is 0 Å². The van der Waals surface area contributed by atoms with Gasteiger partial charge in [-0.2, -0.15) is 0 Å². The van der Waals surface area contributed by atoms with Crippen molar-refractivity contribution in [2.45, 2.75) is 45.1 Å². The summed E-state index contributed by atoms with van der Waals surface area (Å²) in [5, 5.41) is 3.05. The topological polar surface area (TPSA) is 55.1 Å². The van der Waals surface area contributed by atoms with E-state index in [1.165, 1.54) is 6.42 Å². The standard InChI is InChI=1S/C10H20N2O/c1-8-4-5-9(7-8)12-10(13)3-2-6-11/h8-9H,2-7,11H2,1H3,(H,12,13). The van der Waals surface area contributed by atoms with Crippen LogP contribution in [-0.2, 0) is 4.79 Å². The van der Waals surface area contributed by atoms with Gasteiger partial charge >= 0.3 is 0 Å². The normalized spacial score (nSPS) is 27.5. The van der Waals surface area contributed by atoms with E-state index in [9.17, 15) is 4.79 Å². The molecule has 13 heavy (non-hydrogen) atoms. The van der Waals surface area contributed by atoms with Gasteiger partial charge in [0.25, 0.3) is 0 Å². The third-order valence-corrected chi connectivity index (χ3v) is 2.67. The second kappa shape index (κ2) is 5.22. The molecule has 1 aliphatic carbocycles. The van der Waals surface area contributed by atoms with Gasteiger partial charge in [0.05, 0.1) is 0 Å². The highest BCUT2D eigenvalue weighted by Gasteiger charge is 2.22. The first kappa shape index (κ1) is 10.5. The Morgan fingerprint density at radius 2 is 2.31 bits per heavy atom. The molecule has 0 aromatic carbocycles. The summed E-state index contributed by atoms with van der Waals surface area (Å²) in [6, 6.07) is 0.431. The molecule has 0 saturated heterocycles. The Kier molecular flexibility index (Phi) is 4.22. The van der Waals surface area contributed by atoms with Crippen molar-refractivity contribution in [2.24, 2.45) is 11.7 Å². The summed E-state index contributed by atoms with van der Waals surface area (Å²) >= 11 is 0. The van der Waals surface area contributed by atoms with E-state index in [1.54, 1.807) is 0 Å². The summed E-state index contributed by atoms with van der Waals surface area (Å²) in [5.41, 5.74) is 5.33. The molecule has 0 aliphatic heterocycles. The number of carbonyl (C=O) groups excluding carboxylic acids is 1. The average molecular weight is 184 g/mol. The molecule has 0 heterocycles. The monoisotopic (exact) mass is 184 g/mol. The van der Waals surface area contributed by atoms with Crippen molar-refractivity contribution in [3.63, 3.8) is 0 Å². The first-order valence-corrected chi connectivity index (χ1v) is 5.21. The molecule has 1 amide bonds. The van der Waals surface area contributed by atoms with Crippen molar-refractivity contribution < 1.29 is 4.79 Å². The third-order valence-electron chi connectivity index (χ3n) is 2.67. The highest BCUT2D eigenvalue weighted by molar-refractivity contribution is 5.76. The van der Waals surface area contributed by atoms with Crippen LogP contribution < -0.4 is 11.1 Å². The Morgan fingerprint density at radius 3 is 2.85 bits per heavy atom. The van der Waals surface area contributed by atoms with Crippen molar-refractivity contribution in [1.82, 2.24) is 5.32 Å². The van der Waals surface area contributed by atoms with Gasteiger partial charge in [0.2, 0.25) is 5.91 Å². The zero-order valence-electron chi connectivity index (χ0n) is 8.38. The summed E-state index contributed by atoms with van der Waals surface area (Å²) in [7, 11) is 0. The Bertz CT molecular complexity index is 170. The number of amides is 1. The maximum Gasteiger partial charge on any atom is 0.220 e. The fourth-order valence-corrected chi connectivity index (χ4v) is 1.90. The second-order valence-electron chi connectivity index (χ2n) is 4.07. The third kappa shape index (κ3) is 3.77. The van der Waals surface area contributed by atoms with Crippen molar-refractivity contribution in [2.75, 3.05) is 6.54 Å². The lowest BCUT2D eigenvalue weighted by atomic mass is 10.1. The fourth-order valence-electron chi connectivity index (χ4n) is 1.90. The molecule has 3 nitrogen and oxygen atoms in total. The SMILES string of the molecule is CC1CCC(NC(=O)CCCN)C1. The van der Waals surface area contributed by atoms with Crippen molar-refractivity contribution in [1.29, 1.82) is 0 Å². The molecule has 3 N–H and O–H groups in total. The molecule has 0 spiro atoms. The van der Waals surface area contributed by atoms with Crippen LogP contribution in [0.3, 0.4) is 0 Å². The van der Waals surface area contributed by atoms with Crippen LogP contribution in [0.25, 0.3) is 0 Å². The van der Waals surface area contributed by atoms with Crippen LogP contribution in [0, 0.1) is 5.92 Å². The predicted octanol–water partition coefficient (Wildman–Crippen LogP) is 1.03. The first-order valence-electron chi connectivity index (χ1n) is 5.21. The lowest BCUT2D eigenvalue weighted by Gasteiger charge is -2.11. The number of nitrogens with one attached hydrogen (secondary N) is 1. The van der Waals surface area contributed by atoms with E-state index in [4.69, 9.17) is 5.73 Å². The Balaban J connectivity index is 2.13. The Hall–Kier alpha value is -0.570. The molecule has 0 aromatic heterocycles. The molecule has 76 valence electrons. The van der Waals surface area contributed by atoms with Gasteiger partial charge in [0, 0.05) is 12.5 Å². The average Bonchev–Trinajstić information content (AvgIpc) is 2.48. The van der Waals surface area contributed by atoms with Crippen LogP contribution in [0.1, 0.15) is 39.0 Å². The Morgan fingerprint density at radius 1 is 1.54 bits per heavy atom. The van der Waals surface area contributed by atoms with E-state index in [2.05, 4.69) is 12.2 Å². The van der Waals surface area contributed by atoms with Gasteiger partial charge in [-0.3, -0.25) is 4.79 Å². The van der Waals surface area contributed by atoms with Gasteiger partial charge in [-0.1, -0.05) is 6.92 Å². The molecule has 0 aromatic rings. The quantitative estimate of drug-likeness (QED) is 0.685. The number of hydrogen-bond donors (Lipinski definition) is 2. The summed E-state index contributed by atoms with van der Waals surface area (Å²) < 4.78 is 0.